The Balaban J connectivity index is 1.52. The summed E-state index contributed by atoms with van der Waals surface area (Å²) in [5.41, 5.74) is 5.76. The summed E-state index contributed by atoms with van der Waals surface area (Å²) >= 11 is 0. The predicted molar refractivity (Wildman–Crippen MR) is 121 cm³/mol. The summed E-state index contributed by atoms with van der Waals surface area (Å²) in [5.74, 6) is 0.360. The quantitative estimate of drug-likeness (QED) is 0.727. The molecule has 2 aliphatic rings. The summed E-state index contributed by atoms with van der Waals surface area (Å²) in [6.07, 6.45) is 5.54. The Hall–Kier alpha value is -2.05. The van der Waals surface area contributed by atoms with Crippen LogP contribution in [-0.4, -0.2) is 33.2 Å². The molecule has 0 amide bonds. The maximum Gasteiger partial charge on any atom is 0.240 e. The van der Waals surface area contributed by atoms with Gasteiger partial charge in [-0.05, 0) is 85.4 Å². The molecule has 1 heterocycles. The zero-order valence-corrected chi connectivity index (χ0v) is 19.0. The lowest BCUT2D eigenvalue weighted by molar-refractivity contribution is 0.134. The average Bonchev–Trinajstić information content (AvgIpc) is 2.70. The number of hydrogen-bond acceptors (Lipinski definition) is 4. The smallest absolute Gasteiger partial charge is 0.240 e. The van der Waals surface area contributed by atoms with Crippen LogP contribution in [0.5, 0.6) is 5.75 Å². The summed E-state index contributed by atoms with van der Waals surface area (Å²) in [6.45, 7) is 7.98. The zero-order chi connectivity index (χ0) is 21.5. The molecule has 6 heteroatoms. The number of nitrogens with one attached hydrogen (secondary N) is 1. The van der Waals surface area contributed by atoms with Gasteiger partial charge in [-0.2, -0.15) is 0 Å². The van der Waals surface area contributed by atoms with Crippen LogP contribution in [0.3, 0.4) is 0 Å². The van der Waals surface area contributed by atoms with Crippen LogP contribution < -0.4 is 9.62 Å². The van der Waals surface area contributed by atoms with E-state index in [9.17, 15) is 13.5 Å². The van der Waals surface area contributed by atoms with E-state index < -0.39 is 10.0 Å². The second kappa shape index (κ2) is 7.89. The Bertz CT molecular complexity index is 1040. The minimum Gasteiger partial charge on any atom is -0.508 e. The number of aromatic hydroxyl groups is 1. The molecule has 0 unspecified atom stereocenters. The fourth-order valence-electron chi connectivity index (χ4n) is 4.98. The highest BCUT2D eigenvalue weighted by Gasteiger charge is 2.43. The first-order valence-corrected chi connectivity index (χ1v) is 12.4. The first-order chi connectivity index (χ1) is 14.2. The number of phenolic OH excluding ortho intramolecular Hbond substituents is 1. The summed E-state index contributed by atoms with van der Waals surface area (Å²) in [7, 11) is -3.53. The molecule has 162 valence electrons. The van der Waals surface area contributed by atoms with E-state index in [0.29, 0.717) is 23.7 Å². The van der Waals surface area contributed by atoms with Crippen molar-refractivity contribution < 1.29 is 13.5 Å². The van der Waals surface area contributed by atoms with Crippen molar-refractivity contribution in [3.8, 4) is 5.75 Å². The monoisotopic (exact) mass is 428 g/mol. The lowest BCUT2D eigenvalue weighted by atomic mass is 9.63. The normalized spacial score (nSPS) is 17.6. The van der Waals surface area contributed by atoms with Crippen molar-refractivity contribution >= 4 is 15.7 Å². The summed E-state index contributed by atoms with van der Waals surface area (Å²) in [5, 5.41) is 10.3. The molecule has 0 radical (unpaired) electrons. The van der Waals surface area contributed by atoms with Gasteiger partial charge in [-0.15, -0.1) is 0 Å². The lowest BCUT2D eigenvalue weighted by Crippen LogP contribution is -2.49. The molecule has 5 nitrogen and oxygen atoms in total. The van der Waals surface area contributed by atoms with Crippen molar-refractivity contribution in [1.82, 2.24) is 4.72 Å². The maximum atomic E-state index is 12.7. The Morgan fingerprint density at radius 1 is 1.13 bits per heavy atom. The molecule has 1 saturated carbocycles. The van der Waals surface area contributed by atoms with Crippen LogP contribution in [0.4, 0.5) is 5.69 Å². The highest BCUT2D eigenvalue weighted by atomic mass is 32.2. The van der Waals surface area contributed by atoms with E-state index in [0.717, 1.165) is 36.1 Å². The number of sulfonamides is 1. The maximum absolute atomic E-state index is 12.7. The van der Waals surface area contributed by atoms with Crippen molar-refractivity contribution in [2.24, 2.45) is 5.41 Å². The van der Waals surface area contributed by atoms with Crippen molar-refractivity contribution in [3.63, 3.8) is 0 Å². The zero-order valence-electron chi connectivity index (χ0n) is 18.2. The van der Waals surface area contributed by atoms with Crippen molar-refractivity contribution in [1.29, 1.82) is 0 Å². The molecule has 2 aromatic rings. The molecule has 2 aromatic carbocycles. The van der Waals surface area contributed by atoms with Crippen LogP contribution in [0.25, 0.3) is 0 Å². The van der Waals surface area contributed by atoms with Gasteiger partial charge in [-0.3, -0.25) is 0 Å². The molecule has 30 heavy (non-hydrogen) atoms. The second-order valence-corrected chi connectivity index (χ2v) is 10.8. The van der Waals surface area contributed by atoms with E-state index in [1.165, 1.54) is 30.5 Å². The molecule has 0 atom stereocenters. The van der Waals surface area contributed by atoms with Crippen LogP contribution in [0.15, 0.2) is 35.2 Å². The topological polar surface area (TPSA) is 69.6 Å². The third-order valence-electron chi connectivity index (χ3n) is 7.05. The fraction of sp³-hybridized carbons (Fsp3) is 0.500. The number of rotatable bonds is 6. The molecule has 4 rings (SSSR count). The molecular weight excluding hydrogens is 396 g/mol. The molecule has 0 bridgehead atoms. The number of anilines is 1. The van der Waals surface area contributed by atoms with Gasteiger partial charge in [0.2, 0.25) is 10.0 Å². The minimum absolute atomic E-state index is 0.274. The summed E-state index contributed by atoms with van der Waals surface area (Å²) in [4.78, 5) is 2.65. The highest BCUT2D eigenvalue weighted by Crippen LogP contribution is 2.51. The van der Waals surface area contributed by atoms with Gasteiger partial charge >= 0.3 is 0 Å². The van der Waals surface area contributed by atoms with Crippen LogP contribution in [-0.2, 0) is 22.9 Å². The van der Waals surface area contributed by atoms with Crippen LogP contribution in [0.2, 0.25) is 0 Å². The molecular formula is C24H32N2O3S. The van der Waals surface area contributed by atoms with Crippen LogP contribution >= 0.6 is 0 Å². The van der Waals surface area contributed by atoms with E-state index in [2.05, 4.69) is 23.5 Å². The average molecular weight is 429 g/mol. The molecule has 2 N–H and O–H groups in total. The van der Waals surface area contributed by atoms with Crippen LogP contribution in [0.1, 0.15) is 48.4 Å². The van der Waals surface area contributed by atoms with Crippen molar-refractivity contribution in [2.75, 3.05) is 24.5 Å². The largest absolute Gasteiger partial charge is 0.508 e. The number of aryl methyl sites for hydroxylation is 1. The molecule has 1 spiro atoms. The number of nitrogens with zero attached hydrogens (tertiary/aromatic N) is 1. The third kappa shape index (κ3) is 3.83. The summed E-state index contributed by atoms with van der Waals surface area (Å²) in [6, 6.07) is 9.01. The van der Waals surface area contributed by atoms with E-state index in [1.807, 2.05) is 25.1 Å². The van der Waals surface area contributed by atoms with Gasteiger partial charge in [-0.25, -0.2) is 13.1 Å². The Kier molecular flexibility index (Phi) is 5.58. The Labute approximate surface area is 180 Å². The minimum atomic E-state index is -3.53. The van der Waals surface area contributed by atoms with E-state index in [4.69, 9.17) is 0 Å². The molecule has 1 aliphatic carbocycles. The Morgan fingerprint density at radius 2 is 1.83 bits per heavy atom. The summed E-state index contributed by atoms with van der Waals surface area (Å²) < 4.78 is 28.2. The molecule has 0 aromatic heterocycles. The standard InChI is InChI=1S/C24H32N2O3S/c1-4-19-6-8-21(9-7-19)30(28,29)25-12-13-26-16-24(10-5-11-24)15-20-14-22(27)17(2)18(3)23(20)26/h6-9,14,25,27H,4-5,10-13,15-16H2,1-3H3. The second-order valence-electron chi connectivity index (χ2n) is 9.00. The van der Waals surface area contributed by atoms with Gasteiger partial charge in [-0.1, -0.05) is 25.5 Å². The van der Waals surface area contributed by atoms with E-state index in [1.54, 1.807) is 12.1 Å². The lowest BCUT2D eigenvalue weighted by Gasteiger charge is -2.50. The van der Waals surface area contributed by atoms with Crippen molar-refractivity contribution in [3.05, 3.63) is 52.6 Å². The van der Waals surface area contributed by atoms with Gasteiger partial charge in [0.05, 0.1) is 4.90 Å². The van der Waals surface area contributed by atoms with Gasteiger partial charge in [0.25, 0.3) is 0 Å². The molecule has 0 saturated heterocycles. The molecule has 1 fully saturated rings. The van der Waals surface area contributed by atoms with Gasteiger partial charge in [0.15, 0.2) is 0 Å². The SMILES string of the molecule is CCc1ccc(S(=O)(=O)NCCN2CC3(CCC3)Cc3cc(O)c(C)c(C)c32)cc1. The van der Waals surface area contributed by atoms with Crippen molar-refractivity contribution in [2.45, 2.75) is 57.8 Å². The van der Waals surface area contributed by atoms with Gasteiger partial charge in [0.1, 0.15) is 5.75 Å². The number of fused-ring (bicyclic) bond motifs is 1. The predicted octanol–water partition coefficient (Wildman–Crippen LogP) is 4.08. The van der Waals surface area contributed by atoms with Crippen LogP contribution in [0, 0.1) is 19.3 Å². The fourth-order valence-corrected chi connectivity index (χ4v) is 6.00. The van der Waals surface area contributed by atoms with Gasteiger partial charge < -0.3 is 10.0 Å². The number of benzene rings is 2. The van der Waals surface area contributed by atoms with Gasteiger partial charge in [0, 0.05) is 25.3 Å². The first-order valence-electron chi connectivity index (χ1n) is 10.9. The highest BCUT2D eigenvalue weighted by molar-refractivity contribution is 7.89. The number of hydrogen-bond donors (Lipinski definition) is 2. The Morgan fingerprint density at radius 3 is 2.43 bits per heavy atom. The third-order valence-corrected chi connectivity index (χ3v) is 8.53. The molecule has 1 aliphatic heterocycles. The first kappa shape index (κ1) is 21.2. The van der Waals surface area contributed by atoms with E-state index >= 15 is 0 Å². The van der Waals surface area contributed by atoms with E-state index in [-0.39, 0.29) is 5.41 Å². The number of phenols is 1.